The highest BCUT2D eigenvalue weighted by Crippen LogP contribution is 2.34. The second kappa shape index (κ2) is 5.63. The second-order valence-corrected chi connectivity index (χ2v) is 6.37. The molecule has 1 fully saturated rings. The highest BCUT2D eigenvalue weighted by molar-refractivity contribution is 7.92. The van der Waals surface area contributed by atoms with Gasteiger partial charge in [0, 0.05) is 10.0 Å². The van der Waals surface area contributed by atoms with E-state index in [9.17, 15) is 8.42 Å². The Morgan fingerprint density at radius 3 is 2.56 bits per heavy atom. The number of nitrogens with zero attached hydrogens (tertiary/aromatic N) is 2. The summed E-state index contributed by atoms with van der Waals surface area (Å²) in [5.41, 5.74) is 0.179. The molecule has 0 atom stereocenters. The first kappa shape index (κ1) is 13.9. The predicted molar refractivity (Wildman–Crippen MR) is 71.6 cm³/mol. The minimum absolute atomic E-state index is 0.179. The molecule has 1 heterocycles. The predicted octanol–water partition coefficient (Wildman–Crippen LogP) is 1.12. The highest BCUT2D eigenvalue weighted by Gasteiger charge is 2.19. The molecule has 0 bridgehead atoms. The van der Waals surface area contributed by atoms with Crippen LogP contribution in [0.4, 0.5) is 5.69 Å². The molecule has 2 N–H and O–H groups in total. The molecule has 5 nitrogen and oxygen atoms in total. The van der Waals surface area contributed by atoms with E-state index < -0.39 is 10.2 Å². The lowest BCUT2D eigenvalue weighted by Gasteiger charge is -2.33. The first-order valence-corrected chi connectivity index (χ1v) is 7.64. The van der Waals surface area contributed by atoms with Crippen molar-refractivity contribution < 1.29 is 13.7 Å². The molecule has 0 aliphatic carbocycles. The van der Waals surface area contributed by atoms with Crippen LogP contribution in [0.3, 0.4) is 0 Å². The molecule has 0 unspecified atom stereocenters. The Bertz CT molecular complexity index is 530. The van der Waals surface area contributed by atoms with Gasteiger partial charge in [-0.25, -0.2) is 12.7 Å². The van der Waals surface area contributed by atoms with Crippen LogP contribution < -0.4 is 5.32 Å². The van der Waals surface area contributed by atoms with Crippen molar-refractivity contribution in [3.63, 3.8) is 0 Å². The number of nitrogens with two attached hydrogens (primary N) is 1. The fourth-order valence-corrected chi connectivity index (χ4v) is 3.26. The standard InChI is InChI=1S/C10H12Cl2N3O2S/c11-8-1-2-9(12)10(7-8)14-18(16,17)15-5-3-13-4-6-15/h1-2,7,13H,3-6H2/q-1/p+1. The number of hydrogen-bond acceptors (Lipinski definition) is 2. The zero-order valence-electron chi connectivity index (χ0n) is 9.51. The first-order valence-electron chi connectivity index (χ1n) is 5.49. The van der Waals surface area contributed by atoms with Crippen LogP contribution in [0.15, 0.2) is 18.2 Å². The molecule has 8 heteroatoms. The monoisotopic (exact) mass is 309 g/mol. The van der Waals surface area contributed by atoms with Crippen molar-refractivity contribution in [2.45, 2.75) is 0 Å². The van der Waals surface area contributed by atoms with Gasteiger partial charge in [-0.05, 0) is 12.1 Å². The summed E-state index contributed by atoms with van der Waals surface area (Å²) >= 11 is 11.7. The van der Waals surface area contributed by atoms with Crippen molar-refractivity contribution in [1.82, 2.24) is 4.31 Å². The quantitative estimate of drug-likeness (QED) is 0.909. The van der Waals surface area contributed by atoms with Crippen molar-refractivity contribution >= 4 is 39.1 Å². The van der Waals surface area contributed by atoms with Crippen LogP contribution in [0.2, 0.25) is 10.0 Å². The number of piperazine rings is 1. The lowest BCUT2D eigenvalue weighted by atomic mass is 10.3. The van der Waals surface area contributed by atoms with E-state index in [-0.39, 0.29) is 10.7 Å². The smallest absolute Gasteiger partial charge is 0.160 e. The fraction of sp³-hybridized carbons (Fsp3) is 0.400. The molecule has 100 valence electrons. The molecule has 0 radical (unpaired) electrons. The summed E-state index contributed by atoms with van der Waals surface area (Å²) in [6.07, 6.45) is 0. The summed E-state index contributed by atoms with van der Waals surface area (Å²) in [6.45, 7) is 2.42. The van der Waals surface area contributed by atoms with Crippen LogP contribution >= 0.6 is 23.2 Å². The molecule has 1 saturated heterocycles. The first-order chi connectivity index (χ1) is 8.49. The van der Waals surface area contributed by atoms with E-state index >= 15 is 0 Å². The van der Waals surface area contributed by atoms with Gasteiger partial charge in [-0.1, -0.05) is 29.3 Å². The van der Waals surface area contributed by atoms with Gasteiger partial charge in [0.1, 0.15) is 0 Å². The number of benzene rings is 1. The van der Waals surface area contributed by atoms with Gasteiger partial charge in [0.15, 0.2) is 10.2 Å². The van der Waals surface area contributed by atoms with Gasteiger partial charge in [-0.3, -0.25) is 0 Å². The fourth-order valence-electron chi connectivity index (χ4n) is 1.70. The Morgan fingerprint density at radius 2 is 1.89 bits per heavy atom. The average molecular weight is 310 g/mol. The molecule has 2 rings (SSSR count). The summed E-state index contributed by atoms with van der Waals surface area (Å²) in [6, 6.07) is 4.56. The van der Waals surface area contributed by atoms with Crippen molar-refractivity contribution in [2.75, 3.05) is 26.2 Å². The molecule has 18 heavy (non-hydrogen) atoms. The Labute approximate surface area is 116 Å². The second-order valence-electron chi connectivity index (χ2n) is 3.93. The van der Waals surface area contributed by atoms with Gasteiger partial charge in [-0.15, -0.1) is 5.69 Å². The summed E-state index contributed by atoms with van der Waals surface area (Å²) < 4.78 is 29.2. The largest absolute Gasteiger partial charge is 0.562 e. The maximum atomic E-state index is 12.1. The van der Waals surface area contributed by atoms with Crippen LogP contribution in [0.1, 0.15) is 0 Å². The zero-order valence-corrected chi connectivity index (χ0v) is 11.8. The Kier molecular flexibility index (Phi) is 4.34. The van der Waals surface area contributed by atoms with E-state index in [4.69, 9.17) is 23.2 Å². The molecule has 1 aromatic rings. The Morgan fingerprint density at radius 1 is 1.22 bits per heavy atom. The van der Waals surface area contributed by atoms with Crippen LogP contribution in [0.5, 0.6) is 0 Å². The van der Waals surface area contributed by atoms with Gasteiger partial charge in [-0.2, -0.15) is 0 Å². The highest BCUT2D eigenvalue weighted by atomic mass is 35.5. The van der Waals surface area contributed by atoms with Crippen LogP contribution in [0.25, 0.3) is 4.72 Å². The normalized spacial score (nSPS) is 17.7. The third-order valence-electron chi connectivity index (χ3n) is 2.61. The molecular weight excluding hydrogens is 297 g/mol. The van der Waals surface area contributed by atoms with E-state index in [1.165, 1.54) is 16.4 Å². The number of rotatable bonds is 3. The number of hydrogen-bond donors (Lipinski definition) is 1. The third-order valence-corrected chi connectivity index (χ3v) is 4.61. The Balaban J connectivity index is 2.18. The lowest BCUT2D eigenvalue weighted by molar-refractivity contribution is -0.661. The third kappa shape index (κ3) is 3.27. The Hall–Kier alpha value is -0.530. The van der Waals surface area contributed by atoms with E-state index in [2.05, 4.69) is 10.0 Å². The molecular formula is C10H13Cl2N3O2S. The molecule has 1 aliphatic rings. The number of halogens is 2. The molecule has 0 saturated carbocycles. The van der Waals surface area contributed by atoms with Gasteiger partial charge < -0.3 is 10.0 Å². The number of quaternary nitrogens is 1. The zero-order chi connectivity index (χ0) is 13.2. The summed E-state index contributed by atoms with van der Waals surface area (Å²) in [4.78, 5) is 0. The van der Waals surface area contributed by atoms with Gasteiger partial charge in [0.05, 0.1) is 26.2 Å². The van der Waals surface area contributed by atoms with E-state index in [1.807, 2.05) is 0 Å². The van der Waals surface area contributed by atoms with Crippen molar-refractivity contribution in [1.29, 1.82) is 0 Å². The van der Waals surface area contributed by atoms with E-state index in [0.717, 1.165) is 13.1 Å². The van der Waals surface area contributed by atoms with E-state index in [0.29, 0.717) is 18.1 Å². The SMILES string of the molecule is O=S(=O)([N-]c1cc(Cl)ccc1Cl)N1CC[NH2+]CC1. The van der Waals surface area contributed by atoms with Crippen LogP contribution in [-0.2, 0) is 10.2 Å². The van der Waals surface area contributed by atoms with Crippen molar-refractivity contribution in [3.8, 4) is 0 Å². The maximum absolute atomic E-state index is 12.1. The minimum atomic E-state index is -3.68. The van der Waals surface area contributed by atoms with Gasteiger partial charge in [0.25, 0.3) is 0 Å². The van der Waals surface area contributed by atoms with Crippen LogP contribution in [0, 0.1) is 0 Å². The topological polar surface area (TPSA) is 68.1 Å². The van der Waals surface area contributed by atoms with E-state index in [1.54, 1.807) is 6.07 Å². The molecule has 1 aromatic carbocycles. The van der Waals surface area contributed by atoms with Gasteiger partial charge >= 0.3 is 0 Å². The molecule has 0 spiro atoms. The summed E-state index contributed by atoms with van der Waals surface area (Å²) in [5, 5.41) is 2.74. The summed E-state index contributed by atoms with van der Waals surface area (Å²) in [5.74, 6) is 0. The lowest BCUT2D eigenvalue weighted by Crippen LogP contribution is -2.89. The molecule has 1 aliphatic heterocycles. The minimum Gasteiger partial charge on any atom is -0.562 e. The maximum Gasteiger partial charge on any atom is 0.160 e. The van der Waals surface area contributed by atoms with Crippen molar-refractivity contribution in [2.24, 2.45) is 0 Å². The van der Waals surface area contributed by atoms with Gasteiger partial charge in [0.2, 0.25) is 0 Å². The molecule has 0 amide bonds. The van der Waals surface area contributed by atoms with Crippen molar-refractivity contribution in [3.05, 3.63) is 33.0 Å². The molecule has 0 aromatic heterocycles. The van der Waals surface area contributed by atoms with Crippen LogP contribution in [-0.4, -0.2) is 38.9 Å². The summed E-state index contributed by atoms with van der Waals surface area (Å²) in [7, 11) is -3.68. The average Bonchev–Trinajstić information content (AvgIpc) is 2.35.